The molecule has 1 atom stereocenters. The maximum Gasteiger partial charge on any atom is 0.306 e. The number of hydrogen-bond acceptors (Lipinski definition) is 14. The van der Waals surface area contributed by atoms with E-state index in [0.717, 1.165) is 122 Å². The molecule has 0 rings (SSSR count). The van der Waals surface area contributed by atoms with Crippen LogP contribution in [0.4, 0.5) is 9.59 Å². The number of nitrogens with zero attached hydrogens (tertiary/aromatic N) is 4. The van der Waals surface area contributed by atoms with E-state index in [9.17, 15) is 28.8 Å². The van der Waals surface area contributed by atoms with Crippen molar-refractivity contribution in [1.82, 2.24) is 19.6 Å². The van der Waals surface area contributed by atoms with Gasteiger partial charge in [0.05, 0.1) is 0 Å². The molecular formula is C81H152N4O10S2. The quantitative estimate of drug-likeness (QED) is 0.0246. The number of rotatable bonds is 72. The van der Waals surface area contributed by atoms with Crippen LogP contribution in [-0.4, -0.2) is 157 Å². The lowest BCUT2D eigenvalue weighted by Crippen LogP contribution is -2.31. The van der Waals surface area contributed by atoms with Gasteiger partial charge in [-0.2, -0.15) is 0 Å². The summed E-state index contributed by atoms with van der Waals surface area (Å²) < 4.78 is 23.2. The predicted molar refractivity (Wildman–Crippen MR) is 414 cm³/mol. The zero-order valence-corrected chi connectivity index (χ0v) is 65.9. The molecule has 0 fully saturated rings. The molecule has 0 bridgehead atoms. The Bertz CT molecular complexity index is 1870. The molecule has 97 heavy (non-hydrogen) atoms. The Labute approximate surface area is 605 Å². The first-order valence-electron chi connectivity index (χ1n) is 40.5. The molecule has 16 heteroatoms. The van der Waals surface area contributed by atoms with Gasteiger partial charge in [-0.3, -0.25) is 28.8 Å². The van der Waals surface area contributed by atoms with Crippen LogP contribution in [0, 0.1) is 0 Å². The molecule has 0 aromatic heterocycles. The van der Waals surface area contributed by atoms with E-state index in [-0.39, 0.29) is 85.5 Å². The number of hydrogen-bond donors (Lipinski definition) is 0. The zero-order valence-electron chi connectivity index (χ0n) is 64.3. The van der Waals surface area contributed by atoms with Crippen LogP contribution in [-0.2, 0) is 38.1 Å². The molecule has 0 aliphatic rings. The van der Waals surface area contributed by atoms with E-state index in [2.05, 4.69) is 63.5 Å². The van der Waals surface area contributed by atoms with E-state index >= 15 is 0 Å². The lowest BCUT2D eigenvalue weighted by molar-refractivity contribution is -0.151. The van der Waals surface area contributed by atoms with E-state index in [1.807, 2.05) is 31.1 Å². The largest absolute Gasteiger partial charge is 0.462 e. The normalized spacial score (nSPS) is 12.0. The lowest BCUT2D eigenvalue weighted by Gasteiger charge is -2.23. The third kappa shape index (κ3) is 64.7. The minimum Gasteiger partial charge on any atom is -0.462 e. The number of carbonyl (C=O) groups is 6. The average Bonchev–Trinajstić information content (AvgIpc) is 2.81. The summed E-state index contributed by atoms with van der Waals surface area (Å²) in [5, 5.41) is 0.00494. The van der Waals surface area contributed by atoms with Gasteiger partial charge in [0.2, 0.25) is 0 Å². The van der Waals surface area contributed by atoms with Crippen molar-refractivity contribution in [3.05, 3.63) is 24.3 Å². The lowest BCUT2D eigenvalue weighted by atomic mass is 10.0. The molecule has 0 heterocycles. The van der Waals surface area contributed by atoms with E-state index < -0.39 is 0 Å². The second-order valence-electron chi connectivity index (χ2n) is 27.7. The molecule has 0 aliphatic heterocycles. The van der Waals surface area contributed by atoms with Crippen molar-refractivity contribution in [2.24, 2.45) is 0 Å². The third-order valence-corrected chi connectivity index (χ3v) is 20.3. The summed E-state index contributed by atoms with van der Waals surface area (Å²) in [6.45, 7) is 19.4. The Balaban J connectivity index is 4.72. The van der Waals surface area contributed by atoms with Crippen molar-refractivity contribution in [2.75, 3.05) is 91.2 Å². The van der Waals surface area contributed by atoms with Gasteiger partial charge >= 0.3 is 23.9 Å². The van der Waals surface area contributed by atoms with Crippen molar-refractivity contribution in [3.8, 4) is 0 Å². The average molecular weight is 1410 g/mol. The predicted octanol–water partition coefficient (Wildman–Crippen LogP) is 22.4. The molecule has 0 saturated carbocycles. The summed E-state index contributed by atoms with van der Waals surface area (Å²) >= 11 is 2.65. The minimum atomic E-state index is -0.253. The van der Waals surface area contributed by atoms with Crippen molar-refractivity contribution in [3.63, 3.8) is 0 Å². The third-order valence-electron chi connectivity index (χ3n) is 18.4. The molecule has 0 aromatic carbocycles. The molecule has 0 N–H and O–H groups in total. The summed E-state index contributed by atoms with van der Waals surface area (Å²) in [6, 6.07) is 0. The van der Waals surface area contributed by atoms with Crippen LogP contribution in [0.1, 0.15) is 356 Å². The molecule has 14 nitrogen and oxygen atoms in total. The number of amides is 2. The van der Waals surface area contributed by atoms with Gasteiger partial charge in [0, 0.05) is 69.9 Å². The van der Waals surface area contributed by atoms with Crippen LogP contribution in [0.5, 0.6) is 0 Å². The Morgan fingerprint density at radius 3 is 0.948 bits per heavy atom. The maximum absolute atomic E-state index is 13.5. The monoisotopic (exact) mass is 1410 g/mol. The molecule has 0 saturated heterocycles. The van der Waals surface area contributed by atoms with Crippen LogP contribution in [0.3, 0.4) is 0 Å². The topological polar surface area (TPSA) is 152 Å². The summed E-state index contributed by atoms with van der Waals surface area (Å²) in [5.74, 6) is 0.604. The van der Waals surface area contributed by atoms with Gasteiger partial charge in [-0.25, -0.2) is 0 Å². The number of carbonyl (C=O) groups excluding carboxylic acids is 6. The molecule has 2 amide bonds. The molecule has 0 radical (unpaired) electrons. The molecule has 568 valence electrons. The van der Waals surface area contributed by atoms with Gasteiger partial charge in [0.25, 0.3) is 10.5 Å². The number of allylic oxidation sites excluding steroid dienone is 2. The Hall–Kier alpha value is -3.08. The SMILES string of the molecule is CCCCCC/C=C\COC(=O)CCCN(CCCC(=O)OC(CCCCCCCC)CCCCCCCCCCCCCC/C=C\COC(=O)CCCN(CCCC(=O)OC(CCCCCCCC)CCCCCCCC)C(=O)SCCN(C)C)C(=O)SCCCN(CC)CC. The van der Waals surface area contributed by atoms with E-state index in [1.165, 1.54) is 197 Å². The second-order valence-corrected chi connectivity index (χ2v) is 29.8. The van der Waals surface area contributed by atoms with Crippen LogP contribution >= 0.6 is 23.5 Å². The van der Waals surface area contributed by atoms with Gasteiger partial charge in [-0.1, -0.05) is 269 Å². The summed E-state index contributed by atoms with van der Waals surface area (Å²) in [7, 11) is 4.00. The molecular weight excluding hydrogens is 1250 g/mol. The molecule has 0 aromatic rings. The molecule has 1 unspecified atom stereocenters. The van der Waals surface area contributed by atoms with Gasteiger partial charge in [-0.05, 0) is 143 Å². The van der Waals surface area contributed by atoms with Crippen LogP contribution in [0.25, 0.3) is 0 Å². The second kappa shape index (κ2) is 72.7. The number of ether oxygens (including phenoxy) is 4. The van der Waals surface area contributed by atoms with Crippen LogP contribution in [0.2, 0.25) is 0 Å². The zero-order chi connectivity index (χ0) is 71.1. The standard InChI is InChI=1S/C81H152N4O10S2/c1-9-15-19-23-37-43-49-70-92-76(86)60-51-65-84(80(90)96-72-55-64-83(13-5)14-6)67-53-62-78(88)95-75(58-47-41-26-22-18-12-4)59-48-42-36-34-32-30-28-27-29-31-33-35-38-44-50-71-93-77(87)61-52-66-85(81(91)97-73-69-82(7)8)68-54-63-79(89)94-74(56-45-39-24-20-16-10-2)57-46-40-25-21-17-11-3/h43-44,49-50,74-75H,9-42,45-48,51-73H2,1-8H3/b49-43-,50-44-. The highest BCUT2D eigenvalue weighted by atomic mass is 32.2. The Morgan fingerprint density at radius 2 is 0.619 bits per heavy atom. The van der Waals surface area contributed by atoms with Crippen LogP contribution in [0.15, 0.2) is 24.3 Å². The first-order valence-corrected chi connectivity index (χ1v) is 42.5. The Morgan fingerprint density at radius 1 is 0.320 bits per heavy atom. The highest BCUT2D eigenvalue weighted by Gasteiger charge is 2.21. The first kappa shape index (κ1) is 93.9. The maximum atomic E-state index is 13.5. The minimum absolute atomic E-state index is 0.00922. The molecule has 0 aliphatic carbocycles. The summed E-state index contributed by atoms with van der Waals surface area (Å²) in [4.78, 5) is 86.6. The van der Waals surface area contributed by atoms with Crippen molar-refractivity contribution >= 4 is 57.9 Å². The van der Waals surface area contributed by atoms with Gasteiger partial charge in [0.1, 0.15) is 25.4 Å². The van der Waals surface area contributed by atoms with E-state index in [0.29, 0.717) is 57.6 Å². The molecule has 0 spiro atoms. The van der Waals surface area contributed by atoms with E-state index in [1.54, 1.807) is 4.90 Å². The highest BCUT2D eigenvalue weighted by molar-refractivity contribution is 8.13. The summed E-state index contributed by atoms with van der Waals surface area (Å²) in [5.41, 5.74) is 0. The number of unbranched alkanes of at least 4 members (excludes halogenated alkanes) is 31. The van der Waals surface area contributed by atoms with Gasteiger partial charge in [0.15, 0.2) is 0 Å². The highest BCUT2D eigenvalue weighted by Crippen LogP contribution is 2.22. The van der Waals surface area contributed by atoms with Crippen molar-refractivity contribution in [1.29, 1.82) is 0 Å². The van der Waals surface area contributed by atoms with Gasteiger partial charge < -0.3 is 38.5 Å². The van der Waals surface area contributed by atoms with E-state index in [4.69, 9.17) is 18.9 Å². The number of esters is 4. The Kier molecular flexibility index (Phi) is 70.4. The fourth-order valence-corrected chi connectivity index (χ4v) is 13.9. The fraction of sp³-hybridized carbons (Fsp3) is 0.877. The van der Waals surface area contributed by atoms with Crippen LogP contribution < -0.4 is 0 Å². The van der Waals surface area contributed by atoms with Crippen molar-refractivity contribution < 1.29 is 47.7 Å². The smallest absolute Gasteiger partial charge is 0.306 e. The van der Waals surface area contributed by atoms with Gasteiger partial charge in [-0.15, -0.1) is 0 Å². The number of thioether (sulfide) groups is 2. The fourth-order valence-electron chi connectivity index (χ4n) is 12.1. The van der Waals surface area contributed by atoms with Crippen molar-refractivity contribution in [2.45, 2.75) is 368 Å². The first-order chi connectivity index (χ1) is 47.3. The summed E-state index contributed by atoms with van der Waals surface area (Å²) in [6.07, 6.45) is 59.3.